The molecule has 2 rings (SSSR count). The van der Waals surface area contributed by atoms with Crippen molar-refractivity contribution in [1.29, 1.82) is 0 Å². The molecule has 2 heterocycles. The minimum atomic E-state index is 0.224. The minimum Gasteiger partial charge on any atom is -0.381 e. The van der Waals surface area contributed by atoms with E-state index in [-0.39, 0.29) is 5.41 Å². The molecule has 3 nitrogen and oxygen atoms in total. The molecule has 0 radical (unpaired) electrons. The van der Waals surface area contributed by atoms with Crippen LogP contribution in [0.2, 0.25) is 0 Å². The number of hydrogen-bond donors (Lipinski definition) is 0. The zero-order valence-corrected chi connectivity index (χ0v) is 10.5. The SMILES string of the molecule is CCn1cc(CC2(CCl)CCOCC2)cn1. The van der Waals surface area contributed by atoms with Crippen LogP contribution in [-0.4, -0.2) is 28.9 Å². The van der Waals surface area contributed by atoms with Crippen LogP contribution in [0.4, 0.5) is 0 Å². The lowest BCUT2D eigenvalue weighted by Gasteiger charge is -2.35. The molecular formula is C12H19ClN2O. The van der Waals surface area contributed by atoms with Crippen molar-refractivity contribution in [3.05, 3.63) is 18.0 Å². The van der Waals surface area contributed by atoms with Crippen molar-refractivity contribution in [2.45, 2.75) is 32.7 Å². The molecule has 4 heteroatoms. The molecule has 1 fully saturated rings. The number of hydrogen-bond acceptors (Lipinski definition) is 2. The van der Waals surface area contributed by atoms with Crippen molar-refractivity contribution >= 4 is 11.6 Å². The Morgan fingerprint density at radius 2 is 2.25 bits per heavy atom. The molecule has 0 aliphatic carbocycles. The lowest BCUT2D eigenvalue weighted by Crippen LogP contribution is -2.33. The van der Waals surface area contributed by atoms with Crippen molar-refractivity contribution in [3.63, 3.8) is 0 Å². The highest BCUT2D eigenvalue weighted by Crippen LogP contribution is 2.35. The van der Waals surface area contributed by atoms with E-state index in [0.717, 1.165) is 39.0 Å². The summed E-state index contributed by atoms with van der Waals surface area (Å²) in [6.07, 6.45) is 7.25. The fourth-order valence-corrected chi connectivity index (χ4v) is 2.63. The summed E-state index contributed by atoms with van der Waals surface area (Å²) >= 11 is 6.14. The molecule has 0 unspecified atom stereocenters. The first-order valence-corrected chi connectivity index (χ1v) is 6.46. The van der Waals surface area contributed by atoms with E-state index in [2.05, 4.69) is 18.2 Å². The summed E-state index contributed by atoms with van der Waals surface area (Å²) in [5.41, 5.74) is 1.52. The largest absolute Gasteiger partial charge is 0.381 e. The van der Waals surface area contributed by atoms with Crippen LogP contribution in [0.1, 0.15) is 25.3 Å². The summed E-state index contributed by atoms with van der Waals surface area (Å²) in [4.78, 5) is 0. The van der Waals surface area contributed by atoms with Crippen molar-refractivity contribution < 1.29 is 4.74 Å². The normalized spacial score (nSPS) is 19.9. The molecule has 16 heavy (non-hydrogen) atoms. The molecule has 0 amide bonds. The van der Waals surface area contributed by atoms with E-state index in [1.807, 2.05) is 10.9 Å². The van der Waals surface area contributed by atoms with Crippen LogP contribution >= 0.6 is 11.6 Å². The number of nitrogens with zero attached hydrogens (tertiary/aromatic N) is 2. The van der Waals surface area contributed by atoms with E-state index >= 15 is 0 Å². The number of halogens is 1. The van der Waals surface area contributed by atoms with Crippen LogP contribution in [0.15, 0.2) is 12.4 Å². The monoisotopic (exact) mass is 242 g/mol. The van der Waals surface area contributed by atoms with Gasteiger partial charge < -0.3 is 4.74 Å². The molecule has 1 aliphatic rings. The van der Waals surface area contributed by atoms with Crippen LogP contribution in [-0.2, 0) is 17.7 Å². The first kappa shape index (κ1) is 11.9. The number of alkyl halides is 1. The van der Waals surface area contributed by atoms with Gasteiger partial charge in [-0.2, -0.15) is 5.10 Å². The van der Waals surface area contributed by atoms with Gasteiger partial charge in [-0.15, -0.1) is 11.6 Å². The van der Waals surface area contributed by atoms with E-state index in [1.165, 1.54) is 5.56 Å². The maximum Gasteiger partial charge on any atom is 0.0521 e. The molecule has 90 valence electrons. The Morgan fingerprint density at radius 1 is 1.50 bits per heavy atom. The predicted octanol–water partition coefficient (Wildman–Crippen LogP) is 2.48. The number of aryl methyl sites for hydroxylation is 1. The van der Waals surface area contributed by atoms with Crippen LogP contribution in [0.25, 0.3) is 0 Å². The van der Waals surface area contributed by atoms with E-state index in [1.54, 1.807) is 0 Å². The van der Waals surface area contributed by atoms with Gasteiger partial charge in [0, 0.05) is 31.8 Å². The first-order chi connectivity index (χ1) is 7.78. The molecule has 0 bridgehead atoms. The maximum absolute atomic E-state index is 6.14. The Hall–Kier alpha value is -0.540. The Kier molecular flexibility index (Phi) is 3.87. The van der Waals surface area contributed by atoms with Gasteiger partial charge in [0.05, 0.1) is 6.20 Å². The molecule has 1 aromatic heterocycles. The Balaban J connectivity index is 2.05. The van der Waals surface area contributed by atoms with E-state index in [0.29, 0.717) is 5.88 Å². The van der Waals surface area contributed by atoms with Crippen molar-refractivity contribution in [2.75, 3.05) is 19.1 Å². The third-order valence-electron chi connectivity index (χ3n) is 3.43. The van der Waals surface area contributed by atoms with Gasteiger partial charge in [0.15, 0.2) is 0 Å². The minimum absolute atomic E-state index is 0.224. The quantitative estimate of drug-likeness (QED) is 0.759. The van der Waals surface area contributed by atoms with E-state index < -0.39 is 0 Å². The topological polar surface area (TPSA) is 27.1 Å². The Bertz CT molecular complexity index is 332. The fraction of sp³-hybridized carbons (Fsp3) is 0.750. The summed E-state index contributed by atoms with van der Waals surface area (Å²) in [5, 5.41) is 4.31. The van der Waals surface area contributed by atoms with E-state index in [4.69, 9.17) is 16.3 Å². The van der Waals surface area contributed by atoms with Gasteiger partial charge in [0.25, 0.3) is 0 Å². The molecule has 1 aliphatic heterocycles. The highest BCUT2D eigenvalue weighted by atomic mass is 35.5. The molecule has 1 aromatic rings. The number of rotatable bonds is 4. The smallest absolute Gasteiger partial charge is 0.0521 e. The second-order valence-corrected chi connectivity index (χ2v) is 4.89. The lowest BCUT2D eigenvalue weighted by atomic mass is 9.77. The average Bonchev–Trinajstić information content (AvgIpc) is 2.78. The second kappa shape index (κ2) is 5.19. The molecule has 0 saturated carbocycles. The van der Waals surface area contributed by atoms with Crippen molar-refractivity contribution in [1.82, 2.24) is 9.78 Å². The highest BCUT2D eigenvalue weighted by molar-refractivity contribution is 6.18. The van der Waals surface area contributed by atoms with Gasteiger partial charge >= 0.3 is 0 Å². The van der Waals surface area contributed by atoms with Gasteiger partial charge in [-0.1, -0.05) is 0 Å². The second-order valence-electron chi connectivity index (χ2n) is 4.63. The van der Waals surface area contributed by atoms with Crippen LogP contribution in [0.5, 0.6) is 0 Å². The highest BCUT2D eigenvalue weighted by Gasteiger charge is 2.32. The Labute approximate surface area is 102 Å². The number of aromatic nitrogens is 2. The molecule has 1 saturated heterocycles. The zero-order chi connectivity index (χ0) is 11.4. The van der Waals surface area contributed by atoms with Gasteiger partial charge in [-0.25, -0.2) is 0 Å². The molecule has 0 aromatic carbocycles. The van der Waals surface area contributed by atoms with Gasteiger partial charge in [0.1, 0.15) is 0 Å². The van der Waals surface area contributed by atoms with Crippen molar-refractivity contribution in [3.8, 4) is 0 Å². The summed E-state index contributed by atoms with van der Waals surface area (Å²) in [6.45, 7) is 4.71. The van der Waals surface area contributed by atoms with Gasteiger partial charge in [0.2, 0.25) is 0 Å². The molecule has 0 spiro atoms. The Morgan fingerprint density at radius 3 is 2.81 bits per heavy atom. The molecular weight excluding hydrogens is 224 g/mol. The molecule has 0 N–H and O–H groups in total. The standard InChI is InChI=1S/C12H19ClN2O/c1-2-15-9-11(8-14-15)7-12(10-13)3-5-16-6-4-12/h8-9H,2-7,10H2,1H3. The summed E-state index contributed by atoms with van der Waals surface area (Å²) in [7, 11) is 0. The lowest BCUT2D eigenvalue weighted by molar-refractivity contribution is 0.0257. The predicted molar refractivity (Wildman–Crippen MR) is 64.8 cm³/mol. The number of ether oxygens (including phenoxy) is 1. The van der Waals surface area contributed by atoms with Crippen molar-refractivity contribution in [2.24, 2.45) is 5.41 Å². The molecule has 0 atom stereocenters. The van der Waals surface area contributed by atoms with Crippen LogP contribution < -0.4 is 0 Å². The van der Waals surface area contributed by atoms with Crippen LogP contribution in [0, 0.1) is 5.41 Å². The third kappa shape index (κ3) is 2.58. The van der Waals surface area contributed by atoms with Gasteiger partial charge in [-0.3, -0.25) is 4.68 Å². The van der Waals surface area contributed by atoms with E-state index in [9.17, 15) is 0 Å². The maximum atomic E-state index is 6.14. The fourth-order valence-electron chi connectivity index (χ4n) is 2.27. The summed E-state index contributed by atoms with van der Waals surface area (Å²) in [5.74, 6) is 0.716. The third-order valence-corrected chi connectivity index (χ3v) is 3.99. The zero-order valence-electron chi connectivity index (χ0n) is 9.79. The summed E-state index contributed by atoms with van der Waals surface area (Å²) < 4.78 is 7.38. The first-order valence-electron chi connectivity index (χ1n) is 5.93. The summed E-state index contributed by atoms with van der Waals surface area (Å²) in [6, 6.07) is 0. The van der Waals surface area contributed by atoms with Crippen LogP contribution in [0.3, 0.4) is 0 Å². The average molecular weight is 243 g/mol. The van der Waals surface area contributed by atoms with Gasteiger partial charge in [-0.05, 0) is 37.2 Å².